The number of carbonyl (C=O) groups is 1. The molecule has 0 unspecified atom stereocenters. The lowest BCUT2D eigenvalue weighted by atomic mass is 10.2. The second kappa shape index (κ2) is 5.83. The standard InChI is InChI=1S/C12H12N4O4S/c1-7-10(21-6-14-7)5-15(2)11-9(16(19)20)3-8(4-13-11)12(17)18/h3-4,6H,5H2,1-2H3,(H,17,18). The zero-order valence-electron chi connectivity index (χ0n) is 11.3. The lowest BCUT2D eigenvalue weighted by molar-refractivity contribution is -0.384. The number of carboxylic acids is 1. The largest absolute Gasteiger partial charge is 0.478 e. The molecular weight excluding hydrogens is 296 g/mol. The highest BCUT2D eigenvalue weighted by atomic mass is 32.1. The Balaban J connectivity index is 2.36. The van der Waals surface area contributed by atoms with E-state index in [1.54, 1.807) is 17.5 Å². The summed E-state index contributed by atoms with van der Waals surface area (Å²) in [5.41, 5.74) is 2.01. The first-order chi connectivity index (χ1) is 9.90. The van der Waals surface area contributed by atoms with Crippen molar-refractivity contribution in [3.8, 4) is 0 Å². The third-order valence-electron chi connectivity index (χ3n) is 2.88. The fourth-order valence-corrected chi connectivity index (χ4v) is 2.59. The molecule has 0 aliphatic heterocycles. The predicted molar refractivity (Wildman–Crippen MR) is 76.8 cm³/mol. The topological polar surface area (TPSA) is 109 Å². The molecule has 0 saturated heterocycles. The van der Waals surface area contributed by atoms with Crippen LogP contribution >= 0.6 is 11.3 Å². The maximum Gasteiger partial charge on any atom is 0.337 e. The number of aromatic carboxylic acids is 1. The Labute approximate surface area is 123 Å². The minimum Gasteiger partial charge on any atom is -0.478 e. The van der Waals surface area contributed by atoms with Crippen LogP contribution < -0.4 is 4.90 Å². The number of anilines is 1. The van der Waals surface area contributed by atoms with Crippen molar-refractivity contribution in [2.45, 2.75) is 13.5 Å². The van der Waals surface area contributed by atoms with Crippen molar-refractivity contribution in [1.82, 2.24) is 9.97 Å². The van der Waals surface area contributed by atoms with Crippen LogP contribution in [0.2, 0.25) is 0 Å². The van der Waals surface area contributed by atoms with E-state index in [9.17, 15) is 14.9 Å². The Hall–Kier alpha value is -2.55. The molecule has 0 saturated carbocycles. The molecule has 0 radical (unpaired) electrons. The van der Waals surface area contributed by atoms with Gasteiger partial charge in [-0.25, -0.2) is 14.8 Å². The number of thiazole rings is 1. The molecular formula is C12H12N4O4S. The molecule has 0 aromatic carbocycles. The van der Waals surface area contributed by atoms with Crippen molar-refractivity contribution >= 4 is 28.8 Å². The molecule has 0 aliphatic rings. The van der Waals surface area contributed by atoms with E-state index in [1.165, 1.54) is 11.3 Å². The molecule has 0 amide bonds. The van der Waals surface area contributed by atoms with Gasteiger partial charge >= 0.3 is 11.7 Å². The maximum atomic E-state index is 11.1. The summed E-state index contributed by atoms with van der Waals surface area (Å²) in [6.07, 6.45) is 1.11. The van der Waals surface area contributed by atoms with Crippen LogP contribution in [-0.4, -0.2) is 33.0 Å². The van der Waals surface area contributed by atoms with Crippen LogP contribution in [0.5, 0.6) is 0 Å². The Morgan fingerprint density at radius 1 is 1.52 bits per heavy atom. The molecule has 2 aromatic heterocycles. The van der Waals surface area contributed by atoms with E-state index in [0.717, 1.165) is 22.8 Å². The van der Waals surface area contributed by atoms with Crippen molar-refractivity contribution in [3.63, 3.8) is 0 Å². The molecule has 0 spiro atoms. The maximum absolute atomic E-state index is 11.1. The molecule has 1 N–H and O–H groups in total. The number of nitrogens with zero attached hydrogens (tertiary/aromatic N) is 4. The smallest absolute Gasteiger partial charge is 0.337 e. The van der Waals surface area contributed by atoms with Gasteiger partial charge in [-0.05, 0) is 6.92 Å². The van der Waals surface area contributed by atoms with E-state index < -0.39 is 10.9 Å². The monoisotopic (exact) mass is 308 g/mol. The van der Waals surface area contributed by atoms with Gasteiger partial charge in [-0.15, -0.1) is 11.3 Å². The highest BCUT2D eigenvalue weighted by Crippen LogP contribution is 2.27. The molecule has 9 heteroatoms. The number of aryl methyl sites for hydroxylation is 1. The van der Waals surface area contributed by atoms with Crippen molar-refractivity contribution in [3.05, 3.63) is 44.0 Å². The molecule has 2 rings (SSSR count). The van der Waals surface area contributed by atoms with E-state index in [-0.39, 0.29) is 17.1 Å². The van der Waals surface area contributed by atoms with Crippen LogP contribution in [0.1, 0.15) is 20.9 Å². The number of hydrogen-bond acceptors (Lipinski definition) is 7. The Morgan fingerprint density at radius 3 is 2.76 bits per heavy atom. The highest BCUT2D eigenvalue weighted by Gasteiger charge is 2.22. The predicted octanol–water partition coefficient (Wildman–Crippen LogP) is 2.09. The van der Waals surface area contributed by atoms with Gasteiger partial charge in [0.1, 0.15) is 0 Å². The summed E-state index contributed by atoms with van der Waals surface area (Å²) in [4.78, 5) is 32.0. The highest BCUT2D eigenvalue weighted by molar-refractivity contribution is 7.09. The molecule has 2 aromatic rings. The van der Waals surface area contributed by atoms with Crippen LogP contribution in [0.25, 0.3) is 0 Å². The van der Waals surface area contributed by atoms with Crippen molar-refractivity contribution in [1.29, 1.82) is 0 Å². The minimum atomic E-state index is -1.25. The summed E-state index contributed by atoms with van der Waals surface area (Å²) < 4.78 is 0. The molecule has 21 heavy (non-hydrogen) atoms. The van der Waals surface area contributed by atoms with Gasteiger partial charge < -0.3 is 10.0 Å². The Bertz CT molecular complexity index is 700. The summed E-state index contributed by atoms with van der Waals surface area (Å²) >= 11 is 1.45. The normalized spacial score (nSPS) is 10.4. The van der Waals surface area contributed by atoms with Crippen LogP contribution in [0, 0.1) is 17.0 Å². The summed E-state index contributed by atoms with van der Waals surface area (Å²) in [5.74, 6) is -1.13. The first-order valence-corrected chi connectivity index (χ1v) is 6.76. The number of aromatic nitrogens is 2. The second-order valence-electron chi connectivity index (χ2n) is 4.35. The number of hydrogen-bond donors (Lipinski definition) is 1. The van der Waals surface area contributed by atoms with E-state index in [2.05, 4.69) is 9.97 Å². The van der Waals surface area contributed by atoms with Crippen LogP contribution in [-0.2, 0) is 6.54 Å². The first kappa shape index (κ1) is 14.9. The van der Waals surface area contributed by atoms with Crippen molar-refractivity contribution in [2.75, 3.05) is 11.9 Å². The fourth-order valence-electron chi connectivity index (χ4n) is 1.76. The summed E-state index contributed by atoms with van der Waals surface area (Å²) in [6.45, 7) is 2.27. The third-order valence-corrected chi connectivity index (χ3v) is 3.80. The quantitative estimate of drug-likeness (QED) is 0.665. The van der Waals surface area contributed by atoms with Crippen molar-refractivity contribution in [2.24, 2.45) is 0 Å². The summed E-state index contributed by atoms with van der Waals surface area (Å²) in [7, 11) is 1.66. The molecule has 0 fully saturated rings. The van der Waals surface area contributed by atoms with Crippen LogP contribution in [0.4, 0.5) is 11.5 Å². The van der Waals surface area contributed by atoms with E-state index >= 15 is 0 Å². The van der Waals surface area contributed by atoms with Crippen LogP contribution in [0.15, 0.2) is 17.8 Å². The average molecular weight is 308 g/mol. The van der Waals surface area contributed by atoms with Crippen molar-refractivity contribution < 1.29 is 14.8 Å². The number of carboxylic acid groups (broad SMARTS) is 1. The fraction of sp³-hybridized carbons (Fsp3) is 0.250. The average Bonchev–Trinajstić information content (AvgIpc) is 2.83. The number of pyridine rings is 1. The van der Waals surface area contributed by atoms with Gasteiger partial charge in [0.15, 0.2) is 0 Å². The minimum absolute atomic E-state index is 0.123. The Kier molecular flexibility index (Phi) is 4.13. The van der Waals surface area contributed by atoms with Gasteiger partial charge in [-0.2, -0.15) is 0 Å². The summed E-state index contributed by atoms with van der Waals surface area (Å²) in [6, 6.07) is 1.01. The number of nitro groups is 1. The molecule has 110 valence electrons. The Morgan fingerprint density at radius 2 is 2.24 bits per heavy atom. The molecule has 2 heterocycles. The van der Waals surface area contributed by atoms with Gasteiger partial charge in [0.05, 0.1) is 28.2 Å². The molecule has 0 atom stereocenters. The van der Waals surface area contributed by atoms with Gasteiger partial charge in [0.25, 0.3) is 0 Å². The van der Waals surface area contributed by atoms with E-state index in [4.69, 9.17) is 5.11 Å². The van der Waals surface area contributed by atoms with E-state index in [0.29, 0.717) is 6.54 Å². The first-order valence-electron chi connectivity index (χ1n) is 5.88. The summed E-state index contributed by atoms with van der Waals surface area (Å²) in [5, 5.41) is 20.0. The van der Waals surface area contributed by atoms with Gasteiger partial charge in [-0.1, -0.05) is 0 Å². The SMILES string of the molecule is Cc1ncsc1CN(C)c1ncc(C(=O)O)cc1[N+](=O)[O-]. The lowest BCUT2D eigenvalue weighted by Gasteiger charge is -2.17. The van der Waals surface area contributed by atoms with Gasteiger partial charge in [-0.3, -0.25) is 10.1 Å². The van der Waals surface area contributed by atoms with Crippen LogP contribution in [0.3, 0.4) is 0 Å². The zero-order chi connectivity index (χ0) is 15.6. The van der Waals surface area contributed by atoms with E-state index in [1.807, 2.05) is 6.92 Å². The molecule has 8 nitrogen and oxygen atoms in total. The molecule has 0 bridgehead atoms. The van der Waals surface area contributed by atoms with Gasteiger partial charge in [0, 0.05) is 24.2 Å². The second-order valence-corrected chi connectivity index (χ2v) is 5.29. The lowest BCUT2D eigenvalue weighted by Crippen LogP contribution is -2.19. The molecule has 0 aliphatic carbocycles. The van der Waals surface area contributed by atoms with Gasteiger partial charge in [0.2, 0.25) is 5.82 Å². The third kappa shape index (κ3) is 3.14. The number of rotatable bonds is 5. The zero-order valence-corrected chi connectivity index (χ0v) is 12.1.